The monoisotopic (exact) mass is 425 g/mol. The largest absolute Gasteiger partial charge is 0.394 e. The van der Waals surface area contributed by atoms with E-state index in [2.05, 4.69) is 4.98 Å². The second-order valence-electron chi connectivity index (χ2n) is 7.80. The third-order valence-electron chi connectivity index (χ3n) is 5.79. The molecule has 0 aliphatic rings. The van der Waals surface area contributed by atoms with E-state index in [4.69, 9.17) is 9.84 Å². The standard InChI is InChI=1S/C22H27N5O4/c1-14-5-7-17(8-6-14)13-26-20(29)18-19(24(4)22(26)30)23-21-25(9-11-31-12-10-28)15(2)16(3)27(18)21/h5-8,28H,9-13H2,1-4H3. The summed E-state index contributed by atoms with van der Waals surface area (Å²) in [6, 6.07) is 7.78. The number of benzene rings is 1. The molecular weight excluding hydrogens is 398 g/mol. The van der Waals surface area contributed by atoms with E-state index in [0.29, 0.717) is 30.1 Å². The molecule has 4 rings (SSSR count). The Kier molecular flexibility index (Phi) is 5.55. The first-order valence-electron chi connectivity index (χ1n) is 10.3. The number of hydrogen-bond donors (Lipinski definition) is 1. The van der Waals surface area contributed by atoms with Gasteiger partial charge in [-0.3, -0.25) is 18.3 Å². The summed E-state index contributed by atoms with van der Waals surface area (Å²) < 4.78 is 11.9. The van der Waals surface area contributed by atoms with E-state index in [-0.39, 0.29) is 25.3 Å². The lowest BCUT2D eigenvalue weighted by atomic mass is 10.1. The predicted molar refractivity (Wildman–Crippen MR) is 118 cm³/mol. The van der Waals surface area contributed by atoms with Crippen molar-refractivity contribution in [3.05, 3.63) is 67.6 Å². The van der Waals surface area contributed by atoms with Gasteiger partial charge in [0, 0.05) is 25.0 Å². The molecule has 9 nitrogen and oxygen atoms in total. The van der Waals surface area contributed by atoms with Crippen molar-refractivity contribution in [2.24, 2.45) is 7.05 Å². The Balaban J connectivity index is 1.89. The van der Waals surface area contributed by atoms with Crippen molar-refractivity contribution in [1.29, 1.82) is 0 Å². The van der Waals surface area contributed by atoms with Crippen LogP contribution in [0.15, 0.2) is 33.9 Å². The normalized spacial score (nSPS) is 11.8. The van der Waals surface area contributed by atoms with Crippen LogP contribution in [0.25, 0.3) is 16.9 Å². The molecule has 1 N–H and O–H groups in total. The minimum atomic E-state index is -0.397. The highest BCUT2D eigenvalue weighted by Crippen LogP contribution is 2.20. The fourth-order valence-electron chi connectivity index (χ4n) is 3.92. The molecule has 0 aliphatic heterocycles. The summed E-state index contributed by atoms with van der Waals surface area (Å²) in [4.78, 5) is 31.1. The smallest absolute Gasteiger partial charge is 0.332 e. The lowest BCUT2D eigenvalue weighted by Crippen LogP contribution is -2.39. The number of imidazole rings is 2. The van der Waals surface area contributed by atoms with Crippen LogP contribution in [0.1, 0.15) is 22.5 Å². The molecular formula is C22H27N5O4. The van der Waals surface area contributed by atoms with E-state index < -0.39 is 5.69 Å². The van der Waals surface area contributed by atoms with E-state index in [9.17, 15) is 9.59 Å². The zero-order chi connectivity index (χ0) is 22.3. The molecule has 4 aromatic rings. The van der Waals surface area contributed by atoms with Gasteiger partial charge in [-0.25, -0.2) is 4.79 Å². The first-order chi connectivity index (χ1) is 14.8. The second kappa shape index (κ2) is 8.16. The van der Waals surface area contributed by atoms with Crippen LogP contribution >= 0.6 is 0 Å². The molecule has 3 heterocycles. The third kappa shape index (κ3) is 3.49. The summed E-state index contributed by atoms with van der Waals surface area (Å²) in [5.41, 5.74) is 3.85. The molecule has 0 bridgehead atoms. The molecule has 0 spiro atoms. The lowest BCUT2D eigenvalue weighted by molar-refractivity contribution is 0.0872. The van der Waals surface area contributed by atoms with Gasteiger partial charge in [0.25, 0.3) is 5.56 Å². The lowest BCUT2D eigenvalue weighted by Gasteiger charge is -2.09. The van der Waals surface area contributed by atoms with E-state index in [1.54, 1.807) is 7.05 Å². The van der Waals surface area contributed by atoms with E-state index >= 15 is 0 Å². The predicted octanol–water partition coefficient (Wildman–Crippen LogP) is 1.13. The molecule has 0 unspecified atom stereocenters. The van der Waals surface area contributed by atoms with Gasteiger partial charge in [-0.1, -0.05) is 29.8 Å². The Labute approximate surface area is 178 Å². The number of hydrogen-bond acceptors (Lipinski definition) is 5. The molecule has 31 heavy (non-hydrogen) atoms. The second-order valence-corrected chi connectivity index (χ2v) is 7.80. The number of fused-ring (bicyclic) bond motifs is 3. The SMILES string of the molecule is Cc1ccc(Cn2c(=O)c3c(nc4n(CCOCCO)c(C)c(C)n34)n(C)c2=O)cc1. The van der Waals surface area contributed by atoms with Crippen molar-refractivity contribution in [1.82, 2.24) is 23.1 Å². The number of nitrogens with zero attached hydrogens (tertiary/aromatic N) is 5. The van der Waals surface area contributed by atoms with Gasteiger partial charge in [-0.05, 0) is 26.3 Å². The minimum absolute atomic E-state index is 0.0327. The van der Waals surface area contributed by atoms with Crippen LogP contribution < -0.4 is 11.2 Å². The fourth-order valence-corrected chi connectivity index (χ4v) is 3.92. The van der Waals surface area contributed by atoms with Crippen LogP contribution in [-0.2, 0) is 24.9 Å². The molecule has 1 aromatic carbocycles. The summed E-state index contributed by atoms with van der Waals surface area (Å²) >= 11 is 0. The summed E-state index contributed by atoms with van der Waals surface area (Å²) in [5, 5.41) is 8.90. The Morgan fingerprint density at radius 1 is 1.00 bits per heavy atom. The maximum atomic E-state index is 13.4. The Bertz CT molecular complexity index is 1370. The fraction of sp³-hybridized carbons (Fsp3) is 0.409. The van der Waals surface area contributed by atoms with Crippen molar-refractivity contribution in [3.63, 3.8) is 0 Å². The quantitative estimate of drug-likeness (QED) is 0.448. The van der Waals surface area contributed by atoms with Crippen LogP contribution in [-0.4, -0.2) is 48.0 Å². The molecule has 0 atom stereocenters. The van der Waals surface area contributed by atoms with Gasteiger partial charge in [-0.15, -0.1) is 0 Å². The average Bonchev–Trinajstić information content (AvgIpc) is 3.25. The van der Waals surface area contributed by atoms with E-state index in [1.807, 2.05) is 54.0 Å². The maximum absolute atomic E-state index is 13.4. The zero-order valence-electron chi connectivity index (χ0n) is 18.3. The van der Waals surface area contributed by atoms with Crippen molar-refractivity contribution >= 4 is 16.9 Å². The van der Waals surface area contributed by atoms with Gasteiger partial charge in [-0.2, -0.15) is 4.98 Å². The summed E-state index contributed by atoms with van der Waals surface area (Å²) in [6.45, 7) is 7.26. The number of rotatable bonds is 7. The van der Waals surface area contributed by atoms with Crippen molar-refractivity contribution < 1.29 is 9.84 Å². The van der Waals surface area contributed by atoms with Crippen LogP contribution in [0, 0.1) is 20.8 Å². The molecule has 0 amide bonds. The molecule has 0 aliphatic carbocycles. The highest BCUT2D eigenvalue weighted by Gasteiger charge is 2.22. The van der Waals surface area contributed by atoms with Crippen molar-refractivity contribution in [2.75, 3.05) is 19.8 Å². The molecule has 0 saturated carbocycles. The number of ether oxygens (including phenoxy) is 1. The molecule has 0 fully saturated rings. The maximum Gasteiger partial charge on any atom is 0.332 e. The minimum Gasteiger partial charge on any atom is -0.394 e. The topological polar surface area (TPSA) is 95.7 Å². The van der Waals surface area contributed by atoms with Gasteiger partial charge in [0.15, 0.2) is 11.2 Å². The number of aliphatic hydroxyl groups is 1. The number of aryl methyl sites for hydroxylation is 3. The number of aliphatic hydroxyl groups excluding tert-OH is 1. The van der Waals surface area contributed by atoms with Crippen molar-refractivity contribution in [2.45, 2.75) is 33.9 Å². The Morgan fingerprint density at radius 3 is 2.39 bits per heavy atom. The van der Waals surface area contributed by atoms with Gasteiger partial charge in [0.1, 0.15) is 0 Å². The van der Waals surface area contributed by atoms with Crippen LogP contribution in [0.2, 0.25) is 0 Å². The zero-order valence-corrected chi connectivity index (χ0v) is 18.3. The molecule has 0 radical (unpaired) electrons. The highest BCUT2D eigenvalue weighted by atomic mass is 16.5. The Hall–Kier alpha value is -3.17. The molecule has 0 saturated heterocycles. The van der Waals surface area contributed by atoms with Crippen molar-refractivity contribution in [3.8, 4) is 0 Å². The number of aromatic nitrogens is 5. The van der Waals surface area contributed by atoms with Crippen LogP contribution in [0.3, 0.4) is 0 Å². The molecule has 9 heteroatoms. The van der Waals surface area contributed by atoms with Crippen LogP contribution in [0.4, 0.5) is 0 Å². The summed E-state index contributed by atoms with van der Waals surface area (Å²) in [7, 11) is 1.64. The third-order valence-corrected chi connectivity index (χ3v) is 5.79. The highest BCUT2D eigenvalue weighted by molar-refractivity contribution is 5.76. The van der Waals surface area contributed by atoms with Gasteiger partial charge < -0.3 is 14.4 Å². The van der Waals surface area contributed by atoms with E-state index in [1.165, 1.54) is 9.13 Å². The van der Waals surface area contributed by atoms with Crippen LogP contribution in [0.5, 0.6) is 0 Å². The Morgan fingerprint density at radius 2 is 1.71 bits per heavy atom. The summed E-state index contributed by atoms with van der Waals surface area (Å²) in [5.74, 6) is 0.595. The van der Waals surface area contributed by atoms with Gasteiger partial charge in [0.2, 0.25) is 5.78 Å². The first-order valence-corrected chi connectivity index (χ1v) is 10.3. The average molecular weight is 425 g/mol. The van der Waals surface area contributed by atoms with E-state index in [0.717, 1.165) is 22.5 Å². The molecule has 164 valence electrons. The molecule has 3 aromatic heterocycles. The van der Waals surface area contributed by atoms with Gasteiger partial charge >= 0.3 is 5.69 Å². The first kappa shape index (κ1) is 21.1. The van der Waals surface area contributed by atoms with Gasteiger partial charge in [0.05, 0.1) is 26.4 Å². The summed E-state index contributed by atoms with van der Waals surface area (Å²) in [6.07, 6.45) is 0.